The Balaban J connectivity index is 1.45. The molecule has 4 atom stereocenters. The summed E-state index contributed by atoms with van der Waals surface area (Å²) in [5.74, 6) is 0.473. The van der Waals surface area contributed by atoms with Crippen molar-refractivity contribution in [1.82, 2.24) is 19.9 Å². The molecule has 1 unspecified atom stereocenters. The number of nitrogens with one attached hydrogen (secondary N) is 1. The third-order valence-corrected chi connectivity index (χ3v) is 5.80. The number of aromatic nitrogens is 3. The van der Waals surface area contributed by atoms with Crippen LogP contribution in [0.25, 0.3) is 11.0 Å². The second-order valence-electron chi connectivity index (χ2n) is 7.59. The third-order valence-electron chi connectivity index (χ3n) is 5.80. The molecular weight excluding hydrogens is 388 g/mol. The zero-order valence-electron chi connectivity index (χ0n) is 16.4. The highest BCUT2D eigenvalue weighted by Gasteiger charge is 2.45. The van der Waals surface area contributed by atoms with Gasteiger partial charge in [0.1, 0.15) is 54.0 Å². The quantitative estimate of drug-likeness (QED) is 0.589. The highest BCUT2D eigenvalue weighted by atomic mass is 16.5. The van der Waals surface area contributed by atoms with E-state index in [0.29, 0.717) is 42.3 Å². The van der Waals surface area contributed by atoms with Crippen LogP contribution in [0, 0.1) is 6.92 Å². The molecule has 1 aromatic carbocycles. The molecule has 156 valence electrons. The number of aliphatic hydroxyl groups excluding tert-OH is 2. The molecule has 9 heteroatoms. The summed E-state index contributed by atoms with van der Waals surface area (Å²) in [6.45, 7) is 2.67. The van der Waals surface area contributed by atoms with Gasteiger partial charge in [0.15, 0.2) is 0 Å². The van der Waals surface area contributed by atoms with Crippen LogP contribution in [0.3, 0.4) is 0 Å². The molecule has 1 amide bonds. The molecule has 1 aliphatic carbocycles. The maximum atomic E-state index is 12.5. The highest BCUT2D eigenvalue weighted by Crippen LogP contribution is 2.38. The van der Waals surface area contributed by atoms with Crippen molar-refractivity contribution in [3.05, 3.63) is 48.0 Å². The molecule has 3 heterocycles. The summed E-state index contributed by atoms with van der Waals surface area (Å²) in [5.41, 5.74) is 1.84. The zero-order chi connectivity index (χ0) is 20.8. The largest absolute Gasteiger partial charge is 0.491 e. The summed E-state index contributed by atoms with van der Waals surface area (Å²) in [5, 5.41) is 25.1. The summed E-state index contributed by atoms with van der Waals surface area (Å²) < 4.78 is 13.5. The Morgan fingerprint density at radius 2 is 2.10 bits per heavy atom. The molecule has 1 saturated carbocycles. The van der Waals surface area contributed by atoms with E-state index in [4.69, 9.17) is 9.47 Å². The first kappa shape index (κ1) is 18.8. The number of aliphatic hydroxyl groups is 2. The van der Waals surface area contributed by atoms with Crippen LogP contribution in [0.1, 0.15) is 28.5 Å². The van der Waals surface area contributed by atoms with Gasteiger partial charge in [-0.3, -0.25) is 4.79 Å². The number of carbonyl (C=O) groups is 1. The Bertz CT molecular complexity index is 1110. The van der Waals surface area contributed by atoms with Crippen molar-refractivity contribution in [2.75, 3.05) is 13.2 Å². The summed E-state index contributed by atoms with van der Waals surface area (Å²) in [6.07, 6.45) is 0.798. The highest BCUT2D eigenvalue weighted by molar-refractivity contribution is 6.00. The van der Waals surface area contributed by atoms with E-state index in [-0.39, 0.29) is 5.91 Å². The van der Waals surface area contributed by atoms with Crippen molar-refractivity contribution in [3.8, 4) is 11.5 Å². The van der Waals surface area contributed by atoms with Crippen LogP contribution in [-0.2, 0) is 0 Å². The Kier molecular flexibility index (Phi) is 4.56. The molecule has 2 aromatic heterocycles. The van der Waals surface area contributed by atoms with Crippen LogP contribution in [0.15, 0.2) is 36.8 Å². The fraction of sp³-hybridized carbons (Fsp3) is 0.381. The van der Waals surface area contributed by atoms with Crippen molar-refractivity contribution >= 4 is 16.9 Å². The lowest BCUT2D eigenvalue weighted by Crippen LogP contribution is -2.34. The summed E-state index contributed by atoms with van der Waals surface area (Å²) in [4.78, 5) is 21.0. The number of hydrogen-bond acceptors (Lipinski definition) is 7. The van der Waals surface area contributed by atoms with E-state index < -0.39 is 24.4 Å². The van der Waals surface area contributed by atoms with E-state index in [1.165, 1.54) is 6.33 Å². The number of fused-ring (bicyclic) bond motifs is 2. The minimum atomic E-state index is -1.12. The first-order chi connectivity index (χ1) is 14.5. The second-order valence-corrected chi connectivity index (χ2v) is 7.59. The first-order valence-electron chi connectivity index (χ1n) is 9.89. The third kappa shape index (κ3) is 2.98. The van der Waals surface area contributed by atoms with Crippen LogP contribution in [-0.4, -0.2) is 62.1 Å². The normalized spacial score (nSPS) is 26.0. The average Bonchev–Trinajstić information content (AvgIpc) is 3.21. The van der Waals surface area contributed by atoms with E-state index in [2.05, 4.69) is 15.3 Å². The minimum absolute atomic E-state index is 0.286. The standard InChI is InChI=1S/C21H22N4O5/c1-11-12-5-7-25(20(12)24-10-23-11)13-9-16(19(27)18(13)26)30-15-4-2-3-14-17(15)21(28)22-6-8-29-14/h2-5,7,10,13,16,18-19,26-27H,6,8-9H2,1H3,(H,22,28)/t13?,16-,18-,19+/m0/s1. The fourth-order valence-electron chi connectivity index (χ4n) is 4.26. The molecule has 0 spiro atoms. The molecule has 5 rings (SSSR count). The number of aryl methyl sites for hydroxylation is 1. The maximum absolute atomic E-state index is 12.5. The summed E-state index contributed by atoms with van der Waals surface area (Å²) in [7, 11) is 0. The lowest BCUT2D eigenvalue weighted by atomic mass is 10.1. The molecule has 1 fully saturated rings. The van der Waals surface area contributed by atoms with E-state index in [9.17, 15) is 15.0 Å². The predicted octanol–water partition coefficient (Wildman–Crippen LogP) is 0.976. The van der Waals surface area contributed by atoms with Gasteiger partial charge in [-0.2, -0.15) is 0 Å². The first-order valence-corrected chi connectivity index (χ1v) is 9.89. The smallest absolute Gasteiger partial charge is 0.258 e. The van der Waals surface area contributed by atoms with Gasteiger partial charge in [-0.25, -0.2) is 9.97 Å². The Labute approximate surface area is 172 Å². The number of amides is 1. The van der Waals surface area contributed by atoms with Gasteiger partial charge in [0, 0.05) is 18.0 Å². The van der Waals surface area contributed by atoms with Gasteiger partial charge in [-0.15, -0.1) is 0 Å². The van der Waals surface area contributed by atoms with Gasteiger partial charge in [0.25, 0.3) is 5.91 Å². The molecule has 9 nitrogen and oxygen atoms in total. The SMILES string of the molecule is Cc1ncnc2c1ccn2C1C[C@H](Oc2cccc3c2C(=O)NCCO3)[C@@H](O)[C@H]1O. The van der Waals surface area contributed by atoms with Crippen molar-refractivity contribution in [2.45, 2.75) is 37.7 Å². The molecule has 30 heavy (non-hydrogen) atoms. The van der Waals surface area contributed by atoms with Gasteiger partial charge in [0.2, 0.25) is 0 Å². The van der Waals surface area contributed by atoms with Crippen LogP contribution < -0.4 is 14.8 Å². The number of ether oxygens (including phenoxy) is 2. The van der Waals surface area contributed by atoms with Crippen LogP contribution >= 0.6 is 0 Å². The van der Waals surface area contributed by atoms with Gasteiger partial charge in [-0.05, 0) is 25.1 Å². The Morgan fingerprint density at radius 3 is 2.97 bits per heavy atom. The number of benzene rings is 1. The lowest BCUT2D eigenvalue weighted by molar-refractivity contribution is -0.0165. The number of carbonyl (C=O) groups excluding carboxylic acids is 1. The molecule has 3 N–H and O–H groups in total. The molecule has 1 aliphatic heterocycles. The minimum Gasteiger partial charge on any atom is -0.491 e. The van der Waals surface area contributed by atoms with E-state index in [1.807, 2.05) is 23.8 Å². The molecule has 3 aromatic rings. The Hall–Kier alpha value is -3.17. The summed E-state index contributed by atoms with van der Waals surface area (Å²) >= 11 is 0. The molecule has 0 saturated heterocycles. The maximum Gasteiger partial charge on any atom is 0.258 e. The van der Waals surface area contributed by atoms with Crippen molar-refractivity contribution in [3.63, 3.8) is 0 Å². The van der Waals surface area contributed by atoms with E-state index >= 15 is 0 Å². The summed E-state index contributed by atoms with van der Waals surface area (Å²) in [6, 6.07) is 6.59. The second kappa shape index (κ2) is 7.26. The number of nitrogens with zero attached hydrogens (tertiary/aromatic N) is 3. The van der Waals surface area contributed by atoms with E-state index in [1.54, 1.807) is 18.2 Å². The molecule has 2 aliphatic rings. The molecular formula is C21H22N4O5. The number of hydrogen-bond donors (Lipinski definition) is 3. The molecule has 0 bridgehead atoms. The fourth-order valence-corrected chi connectivity index (χ4v) is 4.26. The number of rotatable bonds is 3. The van der Waals surface area contributed by atoms with Gasteiger partial charge in [0.05, 0.1) is 18.3 Å². The molecule has 0 radical (unpaired) electrons. The average molecular weight is 410 g/mol. The van der Waals surface area contributed by atoms with E-state index in [0.717, 1.165) is 11.1 Å². The topological polar surface area (TPSA) is 119 Å². The van der Waals surface area contributed by atoms with Gasteiger partial charge in [-0.1, -0.05) is 6.07 Å². The van der Waals surface area contributed by atoms with Crippen molar-refractivity contribution in [2.24, 2.45) is 0 Å². The van der Waals surface area contributed by atoms with Gasteiger partial charge >= 0.3 is 0 Å². The van der Waals surface area contributed by atoms with Gasteiger partial charge < -0.3 is 29.6 Å². The van der Waals surface area contributed by atoms with Crippen molar-refractivity contribution in [1.29, 1.82) is 0 Å². The Morgan fingerprint density at radius 1 is 1.23 bits per heavy atom. The van der Waals surface area contributed by atoms with Crippen LogP contribution in [0.4, 0.5) is 0 Å². The van der Waals surface area contributed by atoms with Crippen LogP contribution in [0.5, 0.6) is 11.5 Å². The monoisotopic (exact) mass is 410 g/mol. The van der Waals surface area contributed by atoms with Crippen LogP contribution in [0.2, 0.25) is 0 Å². The lowest BCUT2D eigenvalue weighted by Gasteiger charge is -2.20. The predicted molar refractivity (Wildman–Crippen MR) is 107 cm³/mol. The van der Waals surface area contributed by atoms with Crippen molar-refractivity contribution < 1.29 is 24.5 Å². The zero-order valence-corrected chi connectivity index (χ0v) is 16.4.